The Labute approximate surface area is 157 Å². The van der Waals surface area contributed by atoms with E-state index in [1.807, 2.05) is 0 Å². The summed E-state index contributed by atoms with van der Waals surface area (Å²) in [4.78, 5) is 2.34. The van der Waals surface area contributed by atoms with E-state index in [0.29, 0.717) is 11.7 Å². The molecule has 1 aliphatic heterocycles. The van der Waals surface area contributed by atoms with Gasteiger partial charge in [0.15, 0.2) is 0 Å². The standard InChI is InChI=1S/C16H21F3N2O2.2ClH/c1-22-14-5-4-12(23-16(17,18)19)10-13(14)15(11-2-3-11)21-8-6-20-7-9-21;;/h4-5,10-11,15,20H,2-3,6-9H2,1H3;2*1H/t15-;;/m1../s1. The Balaban J connectivity index is 0.00000156. The van der Waals surface area contributed by atoms with E-state index in [2.05, 4.69) is 15.0 Å². The number of hydrogen-bond acceptors (Lipinski definition) is 4. The van der Waals surface area contributed by atoms with Gasteiger partial charge in [0.05, 0.1) is 7.11 Å². The lowest BCUT2D eigenvalue weighted by Gasteiger charge is -2.36. The van der Waals surface area contributed by atoms with Gasteiger partial charge < -0.3 is 14.8 Å². The first-order chi connectivity index (χ1) is 11.0. The number of methoxy groups -OCH3 is 1. The first-order valence-electron chi connectivity index (χ1n) is 7.86. The maximum Gasteiger partial charge on any atom is 0.573 e. The van der Waals surface area contributed by atoms with Crippen molar-refractivity contribution in [1.82, 2.24) is 10.2 Å². The lowest BCUT2D eigenvalue weighted by atomic mass is 9.98. The van der Waals surface area contributed by atoms with E-state index >= 15 is 0 Å². The first kappa shape index (κ1) is 22.2. The maximum atomic E-state index is 12.5. The Bertz CT molecular complexity index is 551. The Kier molecular flexibility index (Phi) is 8.12. The molecule has 2 aliphatic rings. The van der Waals surface area contributed by atoms with Gasteiger partial charge in [0.1, 0.15) is 11.5 Å². The third kappa shape index (κ3) is 5.81. The highest BCUT2D eigenvalue weighted by Gasteiger charge is 2.39. The van der Waals surface area contributed by atoms with Crippen LogP contribution in [0, 0.1) is 5.92 Å². The fourth-order valence-corrected chi connectivity index (χ4v) is 3.26. The predicted molar refractivity (Wildman–Crippen MR) is 94.1 cm³/mol. The number of benzene rings is 1. The second-order valence-corrected chi connectivity index (χ2v) is 6.02. The molecule has 144 valence electrons. The van der Waals surface area contributed by atoms with Gasteiger partial charge >= 0.3 is 6.36 Å². The summed E-state index contributed by atoms with van der Waals surface area (Å²) < 4.78 is 47.0. The summed E-state index contributed by atoms with van der Waals surface area (Å²) in [5.74, 6) is 0.909. The summed E-state index contributed by atoms with van der Waals surface area (Å²) in [7, 11) is 1.55. The average molecular weight is 403 g/mol. The molecule has 0 bridgehead atoms. The highest BCUT2D eigenvalue weighted by molar-refractivity contribution is 5.85. The summed E-state index contributed by atoms with van der Waals surface area (Å²) >= 11 is 0. The first-order valence-corrected chi connectivity index (χ1v) is 7.86. The van der Waals surface area contributed by atoms with Gasteiger partial charge in [-0.1, -0.05) is 0 Å². The third-order valence-electron chi connectivity index (χ3n) is 4.37. The van der Waals surface area contributed by atoms with Crippen molar-refractivity contribution in [3.8, 4) is 11.5 Å². The lowest BCUT2D eigenvalue weighted by molar-refractivity contribution is -0.274. The van der Waals surface area contributed by atoms with E-state index in [1.165, 1.54) is 12.1 Å². The highest BCUT2D eigenvalue weighted by atomic mass is 35.5. The zero-order valence-corrected chi connectivity index (χ0v) is 15.5. The quantitative estimate of drug-likeness (QED) is 0.811. The van der Waals surface area contributed by atoms with Crippen molar-refractivity contribution >= 4 is 24.8 Å². The summed E-state index contributed by atoms with van der Waals surface area (Å²) in [6, 6.07) is 4.44. The number of rotatable bonds is 5. The number of nitrogens with one attached hydrogen (secondary N) is 1. The van der Waals surface area contributed by atoms with Gasteiger partial charge in [-0.15, -0.1) is 38.0 Å². The molecule has 0 radical (unpaired) electrons. The van der Waals surface area contributed by atoms with Crippen LogP contribution < -0.4 is 14.8 Å². The van der Waals surface area contributed by atoms with E-state index < -0.39 is 6.36 Å². The van der Waals surface area contributed by atoms with Crippen LogP contribution in [0.2, 0.25) is 0 Å². The fourth-order valence-electron chi connectivity index (χ4n) is 3.26. The van der Waals surface area contributed by atoms with E-state index in [-0.39, 0.29) is 36.6 Å². The molecule has 9 heteroatoms. The number of halogens is 5. The summed E-state index contributed by atoms with van der Waals surface area (Å²) in [6.45, 7) is 3.55. The van der Waals surface area contributed by atoms with Crippen molar-refractivity contribution in [1.29, 1.82) is 0 Å². The summed E-state index contributed by atoms with van der Waals surface area (Å²) in [6.07, 6.45) is -2.49. The fraction of sp³-hybridized carbons (Fsp3) is 0.625. The lowest BCUT2D eigenvalue weighted by Crippen LogP contribution is -2.45. The van der Waals surface area contributed by atoms with Crippen molar-refractivity contribution in [3.05, 3.63) is 23.8 Å². The zero-order valence-electron chi connectivity index (χ0n) is 13.8. The molecule has 25 heavy (non-hydrogen) atoms. The Morgan fingerprint density at radius 1 is 1.16 bits per heavy atom. The Morgan fingerprint density at radius 2 is 1.80 bits per heavy atom. The molecular weight excluding hydrogens is 380 g/mol. The molecule has 1 aromatic carbocycles. The minimum absolute atomic E-state index is 0. The predicted octanol–water partition coefficient (Wildman–Crippen LogP) is 3.79. The molecule has 0 amide bonds. The number of alkyl halides is 3. The van der Waals surface area contributed by atoms with Crippen molar-refractivity contribution in [3.63, 3.8) is 0 Å². The van der Waals surface area contributed by atoms with Crippen LogP contribution in [0.15, 0.2) is 18.2 Å². The molecule has 2 fully saturated rings. The normalized spacial score (nSPS) is 19.4. The SMILES string of the molecule is COc1ccc(OC(F)(F)F)cc1[C@@H](C1CC1)N1CCNCC1.Cl.Cl. The van der Waals surface area contributed by atoms with Gasteiger partial charge in [-0.3, -0.25) is 4.90 Å². The topological polar surface area (TPSA) is 33.7 Å². The van der Waals surface area contributed by atoms with E-state index in [1.54, 1.807) is 13.2 Å². The van der Waals surface area contributed by atoms with E-state index in [9.17, 15) is 13.2 Å². The summed E-state index contributed by atoms with van der Waals surface area (Å²) in [5.41, 5.74) is 0.790. The van der Waals surface area contributed by atoms with Gasteiger partial charge in [-0.25, -0.2) is 0 Å². The molecule has 0 unspecified atom stereocenters. The van der Waals surface area contributed by atoms with Crippen molar-refractivity contribution in [2.75, 3.05) is 33.3 Å². The molecule has 1 aromatic rings. The second kappa shape index (κ2) is 9.16. The van der Waals surface area contributed by atoms with Crippen LogP contribution in [-0.2, 0) is 0 Å². The minimum Gasteiger partial charge on any atom is -0.496 e. The van der Waals surface area contributed by atoms with Gasteiger partial charge in [0.2, 0.25) is 0 Å². The maximum absolute atomic E-state index is 12.5. The van der Waals surface area contributed by atoms with Gasteiger partial charge in [-0.05, 0) is 37.0 Å². The molecule has 1 atom stereocenters. The van der Waals surface area contributed by atoms with E-state index in [0.717, 1.165) is 44.6 Å². The number of hydrogen-bond donors (Lipinski definition) is 1. The van der Waals surface area contributed by atoms with Crippen LogP contribution in [0.1, 0.15) is 24.4 Å². The highest BCUT2D eigenvalue weighted by Crippen LogP contribution is 2.48. The number of nitrogens with zero attached hydrogens (tertiary/aromatic N) is 1. The van der Waals surface area contributed by atoms with Crippen LogP contribution in [0.25, 0.3) is 0 Å². The van der Waals surface area contributed by atoms with Gasteiger partial charge in [0.25, 0.3) is 0 Å². The zero-order chi connectivity index (χ0) is 16.4. The van der Waals surface area contributed by atoms with Crippen LogP contribution in [0.4, 0.5) is 13.2 Å². The van der Waals surface area contributed by atoms with Gasteiger partial charge in [0, 0.05) is 37.8 Å². The molecule has 1 aliphatic carbocycles. The Morgan fingerprint density at radius 3 is 2.32 bits per heavy atom. The molecule has 0 spiro atoms. The third-order valence-corrected chi connectivity index (χ3v) is 4.37. The van der Waals surface area contributed by atoms with Crippen molar-refractivity contribution in [2.24, 2.45) is 5.92 Å². The van der Waals surface area contributed by atoms with Crippen LogP contribution in [0.5, 0.6) is 11.5 Å². The van der Waals surface area contributed by atoms with Crippen molar-refractivity contribution in [2.45, 2.75) is 25.2 Å². The number of piperazine rings is 1. The molecule has 1 N–H and O–H groups in total. The van der Waals surface area contributed by atoms with Crippen LogP contribution in [-0.4, -0.2) is 44.6 Å². The second-order valence-electron chi connectivity index (χ2n) is 6.02. The smallest absolute Gasteiger partial charge is 0.496 e. The molecule has 1 saturated carbocycles. The summed E-state index contributed by atoms with van der Waals surface area (Å²) in [5, 5.41) is 3.31. The minimum atomic E-state index is -4.68. The molecule has 4 nitrogen and oxygen atoms in total. The van der Waals surface area contributed by atoms with E-state index in [4.69, 9.17) is 4.74 Å². The molecule has 3 rings (SSSR count). The average Bonchev–Trinajstić information content (AvgIpc) is 3.32. The molecule has 1 saturated heterocycles. The van der Waals surface area contributed by atoms with Gasteiger partial charge in [-0.2, -0.15) is 0 Å². The Hall–Kier alpha value is -0.890. The van der Waals surface area contributed by atoms with Crippen LogP contribution >= 0.6 is 24.8 Å². The molecule has 0 aromatic heterocycles. The molecular formula is C16H23Cl2F3N2O2. The largest absolute Gasteiger partial charge is 0.573 e. The molecule has 1 heterocycles. The monoisotopic (exact) mass is 402 g/mol. The van der Waals surface area contributed by atoms with Crippen molar-refractivity contribution < 1.29 is 22.6 Å². The number of ether oxygens (including phenoxy) is 2. The van der Waals surface area contributed by atoms with Crippen LogP contribution in [0.3, 0.4) is 0 Å².